The SMILES string of the molecule is CCOC(=O)c1cnn(C)c1CN1CCSC(C)(C)C1. The summed E-state index contributed by atoms with van der Waals surface area (Å²) in [6.45, 7) is 9.54. The minimum absolute atomic E-state index is 0.265. The maximum atomic E-state index is 11.9. The fourth-order valence-corrected chi connectivity index (χ4v) is 3.67. The third-order valence-electron chi connectivity index (χ3n) is 3.43. The van der Waals surface area contributed by atoms with Crippen molar-refractivity contribution >= 4 is 17.7 Å². The summed E-state index contributed by atoms with van der Waals surface area (Å²) >= 11 is 2.00. The van der Waals surface area contributed by atoms with Gasteiger partial charge in [0.25, 0.3) is 0 Å². The standard InChI is InChI=1S/C14H23N3O2S/c1-5-19-13(18)11-8-15-16(4)12(11)9-17-6-7-20-14(2,3)10-17/h8H,5-7,9-10H2,1-4H3. The molecule has 0 bridgehead atoms. The number of hydrogen-bond donors (Lipinski definition) is 0. The number of carbonyl (C=O) groups is 1. The minimum Gasteiger partial charge on any atom is -0.462 e. The van der Waals surface area contributed by atoms with E-state index < -0.39 is 0 Å². The Hall–Kier alpha value is -1.01. The highest BCUT2D eigenvalue weighted by molar-refractivity contribution is 8.00. The molecule has 2 heterocycles. The molecule has 0 aromatic carbocycles. The van der Waals surface area contributed by atoms with Crippen molar-refractivity contribution in [2.24, 2.45) is 7.05 Å². The van der Waals surface area contributed by atoms with Crippen molar-refractivity contribution in [3.8, 4) is 0 Å². The molecule has 20 heavy (non-hydrogen) atoms. The number of aryl methyl sites for hydroxylation is 1. The normalized spacial score (nSPS) is 19.0. The number of ether oxygens (including phenoxy) is 1. The highest BCUT2D eigenvalue weighted by atomic mass is 32.2. The average Bonchev–Trinajstić information content (AvgIpc) is 2.70. The molecule has 1 aliphatic heterocycles. The number of rotatable bonds is 4. The van der Waals surface area contributed by atoms with E-state index in [1.807, 2.05) is 25.7 Å². The van der Waals surface area contributed by atoms with E-state index >= 15 is 0 Å². The van der Waals surface area contributed by atoms with Gasteiger partial charge in [0.05, 0.1) is 18.5 Å². The van der Waals surface area contributed by atoms with E-state index in [9.17, 15) is 4.79 Å². The van der Waals surface area contributed by atoms with Gasteiger partial charge in [-0.25, -0.2) is 4.79 Å². The second-order valence-electron chi connectivity index (χ2n) is 5.67. The van der Waals surface area contributed by atoms with Crippen molar-refractivity contribution < 1.29 is 9.53 Å². The first-order valence-corrected chi connectivity index (χ1v) is 7.96. The first kappa shape index (κ1) is 15.4. The Morgan fingerprint density at radius 2 is 2.30 bits per heavy atom. The van der Waals surface area contributed by atoms with Gasteiger partial charge in [-0.15, -0.1) is 0 Å². The van der Waals surface area contributed by atoms with Gasteiger partial charge in [0, 0.05) is 37.2 Å². The molecule has 1 aromatic rings. The molecular formula is C14H23N3O2S. The van der Waals surface area contributed by atoms with E-state index in [0.717, 1.165) is 31.1 Å². The smallest absolute Gasteiger partial charge is 0.341 e. The molecule has 0 spiro atoms. The van der Waals surface area contributed by atoms with Crippen molar-refractivity contribution in [2.45, 2.75) is 32.1 Å². The molecule has 1 aromatic heterocycles. The molecule has 0 saturated carbocycles. The molecule has 0 amide bonds. The van der Waals surface area contributed by atoms with Crippen molar-refractivity contribution in [1.29, 1.82) is 0 Å². The Bertz CT molecular complexity index is 485. The first-order valence-electron chi connectivity index (χ1n) is 6.97. The minimum atomic E-state index is -0.277. The van der Waals surface area contributed by atoms with Gasteiger partial charge < -0.3 is 4.74 Å². The molecule has 6 heteroatoms. The summed E-state index contributed by atoms with van der Waals surface area (Å²) in [5.41, 5.74) is 1.52. The molecule has 0 unspecified atom stereocenters. The largest absolute Gasteiger partial charge is 0.462 e. The Labute approximate surface area is 124 Å². The molecule has 1 fully saturated rings. The zero-order valence-electron chi connectivity index (χ0n) is 12.7. The lowest BCUT2D eigenvalue weighted by Crippen LogP contribution is -2.43. The zero-order chi connectivity index (χ0) is 14.8. The molecule has 0 N–H and O–H groups in total. The second kappa shape index (κ2) is 6.18. The van der Waals surface area contributed by atoms with Gasteiger partial charge in [-0.05, 0) is 20.8 Å². The van der Waals surface area contributed by atoms with Crippen LogP contribution in [0.1, 0.15) is 36.8 Å². The number of aromatic nitrogens is 2. The van der Waals surface area contributed by atoms with E-state index in [4.69, 9.17) is 4.74 Å². The van der Waals surface area contributed by atoms with Gasteiger partial charge in [0.2, 0.25) is 0 Å². The molecule has 5 nitrogen and oxygen atoms in total. The molecule has 1 aliphatic rings. The lowest BCUT2D eigenvalue weighted by Gasteiger charge is -2.37. The highest BCUT2D eigenvalue weighted by Crippen LogP contribution is 2.30. The van der Waals surface area contributed by atoms with Crippen LogP contribution >= 0.6 is 11.8 Å². The van der Waals surface area contributed by atoms with E-state index in [2.05, 4.69) is 23.8 Å². The van der Waals surface area contributed by atoms with Crippen molar-refractivity contribution in [3.63, 3.8) is 0 Å². The zero-order valence-corrected chi connectivity index (χ0v) is 13.5. The van der Waals surface area contributed by atoms with Crippen LogP contribution in [0.25, 0.3) is 0 Å². The van der Waals surface area contributed by atoms with Crippen molar-refractivity contribution in [2.75, 3.05) is 25.4 Å². The van der Waals surface area contributed by atoms with Crippen molar-refractivity contribution in [3.05, 3.63) is 17.5 Å². The highest BCUT2D eigenvalue weighted by Gasteiger charge is 2.28. The molecule has 0 radical (unpaired) electrons. The van der Waals surface area contributed by atoms with Crippen LogP contribution < -0.4 is 0 Å². The summed E-state index contributed by atoms with van der Waals surface area (Å²) in [6.07, 6.45) is 1.61. The molecule has 112 valence electrons. The summed E-state index contributed by atoms with van der Waals surface area (Å²) in [7, 11) is 1.88. The number of thioether (sulfide) groups is 1. The maximum Gasteiger partial charge on any atom is 0.341 e. The summed E-state index contributed by atoms with van der Waals surface area (Å²) < 4.78 is 7.14. The molecular weight excluding hydrogens is 274 g/mol. The van der Waals surface area contributed by atoms with Crippen LogP contribution in [0.3, 0.4) is 0 Å². The predicted molar refractivity (Wildman–Crippen MR) is 81.0 cm³/mol. The predicted octanol–water partition coefficient (Wildman–Crippen LogP) is 1.92. The summed E-state index contributed by atoms with van der Waals surface area (Å²) in [5.74, 6) is 0.848. The van der Waals surface area contributed by atoms with Gasteiger partial charge >= 0.3 is 5.97 Å². The van der Waals surface area contributed by atoms with E-state index in [0.29, 0.717) is 12.2 Å². The number of carbonyl (C=O) groups excluding carboxylic acids is 1. The van der Waals surface area contributed by atoms with Crippen LogP contribution in [0.15, 0.2) is 6.20 Å². The second-order valence-corrected chi connectivity index (χ2v) is 7.47. The van der Waals surface area contributed by atoms with Crippen molar-refractivity contribution in [1.82, 2.24) is 14.7 Å². The average molecular weight is 297 g/mol. The summed E-state index contributed by atoms with van der Waals surface area (Å²) in [4.78, 5) is 14.3. The van der Waals surface area contributed by atoms with Crippen LogP contribution in [0.2, 0.25) is 0 Å². The van der Waals surface area contributed by atoms with Crippen LogP contribution in [0.5, 0.6) is 0 Å². The van der Waals surface area contributed by atoms with E-state index in [1.54, 1.807) is 10.9 Å². The summed E-state index contributed by atoms with van der Waals surface area (Å²) in [5, 5.41) is 4.21. The topological polar surface area (TPSA) is 47.4 Å². The van der Waals surface area contributed by atoms with E-state index in [1.165, 1.54) is 0 Å². The molecule has 0 aliphatic carbocycles. The number of hydrogen-bond acceptors (Lipinski definition) is 5. The van der Waals surface area contributed by atoms with Gasteiger partial charge in [0.1, 0.15) is 5.56 Å². The Kier molecular flexibility index (Phi) is 4.75. The van der Waals surface area contributed by atoms with Crippen LogP contribution in [-0.2, 0) is 18.3 Å². The Morgan fingerprint density at radius 3 is 2.95 bits per heavy atom. The van der Waals surface area contributed by atoms with Crippen LogP contribution in [0.4, 0.5) is 0 Å². The van der Waals surface area contributed by atoms with Crippen LogP contribution in [0, 0.1) is 0 Å². The molecule has 1 saturated heterocycles. The number of nitrogens with zero attached hydrogens (tertiary/aromatic N) is 3. The van der Waals surface area contributed by atoms with Gasteiger partial charge in [0.15, 0.2) is 0 Å². The number of esters is 1. The fourth-order valence-electron chi connectivity index (χ4n) is 2.49. The Morgan fingerprint density at radius 1 is 1.55 bits per heavy atom. The quantitative estimate of drug-likeness (QED) is 0.795. The first-order chi connectivity index (χ1) is 9.43. The molecule has 2 rings (SSSR count). The maximum absolute atomic E-state index is 11.9. The summed E-state index contributed by atoms with van der Waals surface area (Å²) in [6, 6.07) is 0. The van der Waals surface area contributed by atoms with Gasteiger partial charge in [-0.1, -0.05) is 0 Å². The van der Waals surface area contributed by atoms with Crippen LogP contribution in [-0.4, -0.2) is 50.8 Å². The fraction of sp³-hybridized carbons (Fsp3) is 0.714. The Balaban J connectivity index is 2.12. The van der Waals surface area contributed by atoms with Gasteiger partial charge in [-0.3, -0.25) is 9.58 Å². The van der Waals surface area contributed by atoms with Gasteiger partial charge in [-0.2, -0.15) is 16.9 Å². The lowest BCUT2D eigenvalue weighted by atomic mass is 10.1. The monoisotopic (exact) mass is 297 g/mol. The molecule has 0 atom stereocenters. The third kappa shape index (κ3) is 3.55. The van der Waals surface area contributed by atoms with E-state index in [-0.39, 0.29) is 10.7 Å². The lowest BCUT2D eigenvalue weighted by molar-refractivity contribution is 0.0523. The third-order valence-corrected chi connectivity index (χ3v) is 4.73.